The molecular weight excluding hydrogens is 1250 g/mol. The number of nitrogens with zero attached hydrogens (tertiary/aromatic N) is 8. The number of aliphatic hydroxyl groups excluding tert-OH is 1. The lowest BCUT2D eigenvalue weighted by Gasteiger charge is -2.41. The zero-order chi connectivity index (χ0) is 74.0. The Balaban J connectivity index is 3.17. The predicted octanol–water partition coefficient (Wildman–Crippen LogP) is 3.70. The van der Waals surface area contributed by atoms with Gasteiger partial charge in [-0.25, -0.2) is 12.7 Å². The summed E-state index contributed by atoms with van der Waals surface area (Å²) in [6.07, 6.45) is 3.45. The monoisotopic (exact) mass is 1380 g/mol. The number of rotatable bonds is 18. The van der Waals surface area contributed by atoms with Crippen molar-refractivity contribution in [3.8, 4) is 0 Å². The summed E-state index contributed by atoms with van der Waals surface area (Å²) in [4.78, 5) is 173. The number of carbonyl (C=O) groups is 11. The maximum atomic E-state index is 15.5. The molecule has 0 aromatic rings. The van der Waals surface area contributed by atoms with Crippen LogP contribution in [0.25, 0.3) is 0 Å². The van der Waals surface area contributed by atoms with Crippen molar-refractivity contribution in [2.45, 2.75) is 249 Å². The van der Waals surface area contributed by atoms with E-state index in [4.69, 9.17) is 0 Å². The summed E-state index contributed by atoms with van der Waals surface area (Å²) >= 11 is 0. The molecule has 2 heterocycles. The van der Waals surface area contributed by atoms with Gasteiger partial charge in [0.15, 0.2) is 0 Å². The number of hydrogen-bond acceptors (Lipinski definition) is 14. The number of sulfonamides is 1. The van der Waals surface area contributed by atoms with Crippen LogP contribution < -0.4 is 21.3 Å². The van der Waals surface area contributed by atoms with Crippen molar-refractivity contribution < 1.29 is 66.3 Å². The Labute approximate surface area is 574 Å². The first-order valence-electron chi connectivity index (χ1n) is 34.7. The van der Waals surface area contributed by atoms with Gasteiger partial charge in [0.05, 0.1) is 11.9 Å². The van der Waals surface area contributed by atoms with Gasteiger partial charge in [-0.1, -0.05) is 116 Å². The van der Waals surface area contributed by atoms with Gasteiger partial charge in [-0.15, -0.1) is 0 Å². The third-order valence-corrected chi connectivity index (χ3v) is 20.8. The van der Waals surface area contributed by atoms with Crippen molar-refractivity contribution in [2.75, 3.05) is 68.2 Å². The summed E-state index contributed by atoms with van der Waals surface area (Å²) in [5, 5.41) is 23.3. The van der Waals surface area contributed by atoms with Crippen LogP contribution in [0, 0.1) is 47.3 Å². The van der Waals surface area contributed by atoms with Crippen molar-refractivity contribution in [1.82, 2.24) is 59.9 Å². The summed E-state index contributed by atoms with van der Waals surface area (Å²) < 4.78 is 30.6. The normalized spacial score (nSPS) is 27.5. The van der Waals surface area contributed by atoms with E-state index in [1.807, 2.05) is 48.5 Å². The molecule has 27 heteroatoms. The second-order valence-corrected chi connectivity index (χ2v) is 31.7. The van der Waals surface area contributed by atoms with Crippen LogP contribution in [-0.2, 0) is 62.8 Å². The smallest absolute Gasteiger partial charge is 0.246 e. The van der Waals surface area contributed by atoms with Crippen molar-refractivity contribution in [3.05, 3.63) is 12.2 Å². The molecular formula is C69H124N12O14S. The van der Waals surface area contributed by atoms with Crippen molar-refractivity contribution >= 4 is 75.0 Å². The van der Waals surface area contributed by atoms with Gasteiger partial charge >= 0.3 is 0 Å². The van der Waals surface area contributed by atoms with E-state index in [0.717, 1.165) is 14.7 Å². The number of likely N-dealkylation sites (N-methyl/N-ethyl adjacent to an activating group) is 7. The van der Waals surface area contributed by atoms with E-state index in [9.17, 15) is 32.7 Å². The zero-order valence-electron chi connectivity index (χ0n) is 62.7. The second-order valence-electron chi connectivity index (χ2n) is 29.7. The van der Waals surface area contributed by atoms with Crippen LogP contribution in [0.2, 0.25) is 0 Å². The standard InChI is InChI=1S/C69H124N12O14S/c1-26-28-29-46(16)58(82)57-62(86)72-49(27-2)64(88)78(23)54(38-96(94,95)81-32-30-45(15)31-33-81)67(91)74(19)51(35-40(5)6)61(85)73-55(43(11)12)68(92)75(20)50(34-39(3)4)60(84)70-47(17)59(83)71-48(18)63(87)76(21)52(36-41(7)8)65(89)77(22)53(37-42(9)10)66(90)79(24)56(44(13)14)69(93)80(57)25/h26,28,39-58,82H,27,29-38H2,1-25H3,(H,70,84)(H,71,83)(H,72,86)(H,73,85)/b28-26+/t46-,47+,48-,49+,50+,51+,52+,53+,54?,55+,56+,57?,58-/m1/s1. The molecule has 0 saturated carbocycles. The van der Waals surface area contributed by atoms with E-state index in [2.05, 4.69) is 21.3 Å². The number of allylic oxidation sites excluding steroid dienone is 2. The van der Waals surface area contributed by atoms with E-state index < -0.39 is 171 Å². The Morgan fingerprint density at radius 1 is 0.458 bits per heavy atom. The van der Waals surface area contributed by atoms with Gasteiger partial charge in [0.2, 0.25) is 75.0 Å². The number of aliphatic hydroxyl groups is 1. The Morgan fingerprint density at radius 2 is 0.854 bits per heavy atom. The molecule has 26 nitrogen and oxygen atoms in total. The summed E-state index contributed by atoms with van der Waals surface area (Å²) in [6.45, 7) is 31.7. The molecule has 5 N–H and O–H groups in total. The minimum absolute atomic E-state index is 0.00714. The van der Waals surface area contributed by atoms with Gasteiger partial charge in [-0.05, 0) is 119 Å². The van der Waals surface area contributed by atoms with Crippen LogP contribution in [0.15, 0.2) is 12.2 Å². The largest absolute Gasteiger partial charge is 0.390 e. The van der Waals surface area contributed by atoms with E-state index in [-0.39, 0.29) is 81.2 Å². The minimum Gasteiger partial charge on any atom is -0.390 e. The molecule has 2 rings (SSSR count). The number of amides is 11. The van der Waals surface area contributed by atoms with Gasteiger partial charge < -0.3 is 60.7 Å². The molecule has 2 aliphatic rings. The Morgan fingerprint density at radius 3 is 1.30 bits per heavy atom. The topological polar surface area (TPSA) is 316 Å². The minimum atomic E-state index is -4.35. The SMILES string of the molecule is C/C=C/C[C@@H](C)[C@@H](O)C1C(=O)N[C@@H](CC)C(=O)N(C)C(CS(=O)(=O)N2CCC(C)CC2)C(=O)N(C)[C@@H](CC(C)C)C(=O)N[C@@H](C(C)C)C(=O)N(C)[C@@H](CC(C)C)C(=O)N[C@@H](C)C(=O)N[C@H](C)C(=O)N(C)[C@@H](CC(C)C)C(=O)N(C)[C@@H](CC(C)C)C(=O)N(C)[C@@H](C(C)C)C(=O)N1C. The number of carbonyl (C=O) groups excluding carboxylic acids is 11. The van der Waals surface area contributed by atoms with Gasteiger partial charge in [-0.3, -0.25) is 52.7 Å². The Kier molecular flexibility index (Phi) is 34.2. The predicted molar refractivity (Wildman–Crippen MR) is 371 cm³/mol. The fourth-order valence-electron chi connectivity index (χ4n) is 12.6. The third kappa shape index (κ3) is 23.2. The first-order valence-corrected chi connectivity index (χ1v) is 36.3. The highest BCUT2D eigenvalue weighted by molar-refractivity contribution is 7.89. The molecule has 2 fully saturated rings. The van der Waals surface area contributed by atoms with Crippen LogP contribution in [0.5, 0.6) is 0 Å². The summed E-state index contributed by atoms with van der Waals surface area (Å²) in [7, 11) is 5.19. The van der Waals surface area contributed by atoms with Gasteiger partial charge in [0, 0.05) is 62.4 Å². The summed E-state index contributed by atoms with van der Waals surface area (Å²) in [6, 6.07) is -15.2. The average molecular weight is 1380 g/mol. The van der Waals surface area contributed by atoms with Crippen LogP contribution in [0.3, 0.4) is 0 Å². The van der Waals surface area contributed by atoms with Crippen molar-refractivity contribution in [3.63, 3.8) is 0 Å². The number of hydrogen-bond donors (Lipinski definition) is 5. The molecule has 0 radical (unpaired) electrons. The lowest BCUT2D eigenvalue weighted by Crippen LogP contribution is -2.64. The fourth-order valence-corrected chi connectivity index (χ4v) is 14.3. The van der Waals surface area contributed by atoms with E-state index >= 15 is 33.6 Å². The average Bonchev–Trinajstić information content (AvgIpc) is 0.807. The van der Waals surface area contributed by atoms with Gasteiger partial charge in [-0.2, -0.15) is 0 Å². The van der Waals surface area contributed by atoms with E-state index in [0.29, 0.717) is 12.8 Å². The summed E-state index contributed by atoms with van der Waals surface area (Å²) in [5.74, 6) is -12.0. The number of nitrogens with one attached hydrogen (secondary N) is 4. The highest BCUT2D eigenvalue weighted by Crippen LogP contribution is 2.27. The van der Waals surface area contributed by atoms with Crippen molar-refractivity contribution in [2.24, 2.45) is 47.3 Å². The molecule has 0 spiro atoms. The first-order chi connectivity index (χ1) is 44.3. The molecule has 2 unspecified atom stereocenters. The Bertz CT molecular complexity index is 2810. The van der Waals surface area contributed by atoms with E-state index in [1.165, 1.54) is 87.1 Å². The zero-order valence-corrected chi connectivity index (χ0v) is 63.5. The quantitative estimate of drug-likeness (QED) is 0.122. The first kappa shape index (κ1) is 85.9. The van der Waals surface area contributed by atoms with Crippen LogP contribution >= 0.6 is 0 Å². The molecule has 96 heavy (non-hydrogen) atoms. The molecule has 11 amide bonds. The lowest BCUT2D eigenvalue weighted by atomic mass is 9.91. The van der Waals surface area contributed by atoms with Crippen LogP contribution in [0.4, 0.5) is 0 Å². The molecule has 0 aliphatic carbocycles. The second kappa shape index (κ2) is 38.2. The third-order valence-electron chi connectivity index (χ3n) is 18.9. The van der Waals surface area contributed by atoms with Gasteiger partial charge in [0.25, 0.3) is 0 Å². The molecule has 13 atom stereocenters. The van der Waals surface area contributed by atoms with Gasteiger partial charge in [0.1, 0.15) is 66.5 Å². The molecule has 0 aromatic heterocycles. The molecule has 2 saturated heterocycles. The molecule has 2 aliphatic heterocycles. The molecule has 0 aromatic carbocycles. The maximum Gasteiger partial charge on any atom is 0.246 e. The highest BCUT2D eigenvalue weighted by atomic mass is 32.2. The Hall–Kier alpha value is -6.22. The fraction of sp³-hybridized carbons (Fsp3) is 0.812. The lowest BCUT2D eigenvalue weighted by molar-refractivity contribution is -0.157. The maximum absolute atomic E-state index is 15.5. The number of piperidine rings is 1. The summed E-state index contributed by atoms with van der Waals surface area (Å²) in [5.41, 5.74) is 0. The molecule has 550 valence electrons. The van der Waals surface area contributed by atoms with Crippen LogP contribution in [-0.4, -0.2) is 258 Å². The molecule has 0 bridgehead atoms. The van der Waals surface area contributed by atoms with Crippen LogP contribution in [0.1, 0.15) is 176 Å². The highest BCUT2D eigenvalue weighted by Gasteiger charge is 2.47. The van der Waals surface area contributed by atoms with Crippen molar-refractivity contribution in [1.29, 1.82) is 0 Å². The van der Waals surface area contributed by atoms with E-state index in [1.54, 1.807) is 74.5 Å².